The molecule has 2 rings (SSSR count). The van der Waals surface area contributed by atoms with Crippen molar-refractivity contribution in [2.75, 3.05) is 20.2 Å². The Morgan fingerprint density at radius 2 is 2.39 bits per heavy atom. The van der Waals surface area contributed by atoms with Crippen molar-refractivity contribution in [1.29, 1.82) is 0 Å². The number of aromatic nitrogens is 1. The monoisotopic (exact) mass is 248 g/mol. The number of nitrogens with zero attached hydrogens (tertiary/aromatic N) is 2. The molecule has 1 aliphatic heterocycles. The Balaban J connectivity index is 1.78. The molecule has 0 N–H and O–H groups in total. The van der Waals surface area contributed by atoms with Crippen LogP contribution in [0.3, 0.4) is 0 Å². The van der Waals surface area contributed by atoms with Crippen molar-refractivity contribution in [3.05, 3.63) is 24.0 Å². The lowest BCUT2D eigenvalue weighted by molar-refractivity contribution is 0.101. The normalized spacial score (nSPS) is 20.0. The fourth-order valence-corrected chi connectivity index (χ4v) is 2.33. The van der Waals surface area contributed by atoms with Gasteiger partial charge in [0.2, 0.25) is 0 Å². The molecule has 1 fully saturated rings. The second-order valence-electron chi connectivity index (χ2n) is 4.85. The van der Waals surface area contributed by atoms with Gasteiger partial charge in [-0.1, -0.05) is 0 Å². The number of Topliss-reactive ketones (excluding diaryl/α,β-unsaturated/α-hetero) is 1. The van der Waals surface area contributed by atoms with Crippen LogP contribution < -0.4 is 4.74 Å². The molecule has 0 radical (unpaired) electrons. The summed E-state index contributed by atoms with van der Waals surface area (Å²) in [5, 5.41) is 0. The molecule has 1 aromatic heterocycles. The molecule has 0 saturated carbocycles. The number of carbonyl (C=O) groups excluding carboxylic acids is 1. The third kappa shape index (κ3) is 3.29. The van der Waals surface area contributed by atoms with Crippen molar-refractivity contribution in [2.45, 2.75) is 32.2 Å². The molecule has 0 bridgehead atoms. The van der Waals surface area contributed by atoms with Crippen molar-refractivity contribution in [3.63, 3.8) is 0 Å². The predicted molar refractivity (Wildman–Crippen MR) is 70.0 cm³/mol. The summed E-state index contributed by atoms with van der Waals surface area (Å²) in [5.74, 6) is 0.717. The number of hydrogen-bond donors (Lipinski definition) is 0. The van der Waals surface area contributed by atoms with E-state index in [-0.39, 0.29) is 5.78 Å². The van der Waals surface area contributed by atoms with Gasteiger partial charge in [-0.3, -0.25) is 4.79 Å². The lowest BCUT2D eigenvalue weighted by Crippen LogP contribution is -2.26. The van der Waals surface area contributed by atoms with Crippen molar-refractivity contribution in [2.24, 2.45) is 0 Å². The molecule has 1 aliphatic rings. The Labute approximate surface area is 108 Å². The molecular weight excluding hydrogens is 228 g/mol. The van der Waals surface area contributed by atoms with Crippen molar-refractivity contribution in [1.82, 2.24) is 9.88 Å². The van der Waals surface area contributed by atoms with Crippen LogP contribution in [0.4, 0.5) is 0 Å². The van der Waals surface area contributed by atoms with Gasteiger partial charge in [-0.2, -0.15) is 0 Å². The van der Waals surface area contributed by atoms with Crippen LogP contribution in [-0.4, -0.2) is 41.9 Å². The molecule has 0 spiro atoms. The third-order valence-electron chi connectivity index (χ3n) is 3.49. The molecular formula is C14H20N2O2. The van der Waals surface area contributed by atoms with Crippen LogP contribution in [0.1, 0.15) is 36.7 Å². The largest absolute Gasteiger partial charge is 0.492 e. The first-order valence-corrected chi connectivity index (χ1v) is 6.47. The standard InChI is InChI=1S/C14H20N2O2/c1-11(17)14-6-5-13(10-15-14)18-9-7-12-4-3-8-16(12)2/h5-6,10,12H,3-4,7-9H2,1-2H3. The Hall–Kier alpha value is -1.42. The highest BCUT2D eigenvalue weighted by molar-refractivity contribution is 5.92. The molecule has 98 valence electrons. The zero-order chi connectivity index (χ0) is 13.0. The van der Waals surface area contributed by atoms with E-state index >= 15 is 0 Å². The Morgan fingerprint density at radius 1 is 1.56 bits per heavy atom. The Bertz CT molecular complexity index is 403. The molecule has 1 atom stereocenters. The number of pyridine rings is 1. The van der Waals surface area contributed by atoms with E-state index in [1.54, 1.807) is 12.3 Å². The molecule has 1 aromatic rings. The minimum absolute atomic E-state index is 0.0193. The highest BCUT2D eigenvalue weighted by Crippen LogP contribution is 2.18. The van der Waals surface area contributed by atoms with Crippen LogP contribution in [0.15, 0.2) is 18.3 Å². The summed E-state index contributed by atoms with van der Waals surface area (Å²) < 4.78 is 5.65. The minimum Gasteiger partial charge on any atom is -0.492 e. The van der Waals surface area contributed by atoms with Gasteiger partial charge in [-0.05, 0) is 45.0 Å². The van der Waals surface area contributed by atoms with Crippen molar-refractivity contribution in [3.8, 4) is 5.75 Å². The van der Waals surface area contributed by atoms with E-state index in [0.717, 1.165) is 12.2 Å². The molecule has 1 unspecified atom stereocenters. The SMILES string of the molecule is CC(=O)c1ccc(OCCC2CCCN2C)cn1. The van der Waals surface area contributed by atoms with E-state index in [9.17, 15) is 4.79 Å². The molecule has 18 heavy (non-hydrogen) atoms. The van der Waals surface area contributed by atoms with Gasteiger partial charge < -0.3 is 9.64 Å². The number of likely N-dealkylation sites (tertiary alicyclic amines) is 1. The first-order valence-electron chi connectivity index (χ1n) is 6.47. The Morgan fingerprint density at radius 3 is 2.94 bits per heavy atom. The van der Waals surface area contributed by atoms with Crippen LogP contribution in [0.5, 0.6) is 5.75 Å². The van der Waals surface area contributed by atoms with Gasteiger partial charge in [0.1, 0.15) is 11.4 Å². The average molecular weight is 248 g/mol. The van der Waals surface area contributed by atoms with Gasteiger partial charge >= 0.3 is 0 Å². The third-order valence-corrected chi connectivity index (χ3v) is 3.49. The zero-order valence-corrected chi connectivity index (χ0v) is 11.1. The van der Waals surface area contributed by atoms with E-state index in [2.05, 4.69) is 16.9 Å². The van der Waals surface area contributed by atoms with Gasteiger partial charge in [0.15, 0.2) is 5.78 Å². The zero-order valence-electron chi connectivity index (χ0n) is 11.1. The predicted octanol–water partition coefficient (Wildman–Crippen LogP) is 2.15. The molecule has 0 aromatic carbocycles. The quantitative estimate of drug-likeness (QED) is 0.749. The van der Waals surface area contributed by atoms with E-state index in [1.807, 2.05) is 6.07 Å². The van der Waals surface area contributed by atoms with Gasteiger partial charge in [-0.15, -0.1) is 0 Å². The summed E-state index contributed by atoms with van der Waals surface area (Å²) in [6.07, 6.45) is 5.22. The summed E-state index contributed by atoms with van der Waals surface area (Å²) in [6.45, 7) is 3.41. The summed E-state index contributed by atoms with van der Waals surface area (Å²) in [6, 6.07) is 4.16. The summed E-state index contributed by atoms with van der Waals surface area (Å²) >= 11 is 0. The first kappa shape index (κ1) is 13.0. The average Bonchev–Trinajstić information content (AvgIpc) is 2.76. The van der Waals surface area contributed by atoms with Crippen LogP contribution in [0, 0.1) is 0 Å². The summed E-state index contributed by atoms with van der Waals surface area (Å²) in [7, 11) is 2.17. The lowest BCUT2D eigenvalue weighted by atomic mass is 10.1. The second kappa shape index (κ2) is 5.96. The van der Waals surface area contributed by atoms with Gasteiger partial charge in [-0.25, -0.2) is 4.98 Å². The Kier molecular flexibility index (Phi) is 4.31. The van der Waals surface area contributed by atoms with Gasteiger partial charge in [0.25, 0.3) is 0 Å². The van der Waals surface area contributed by atoms with Crippen LogP contribution in [0.25, 0.3) is 0 Å². The highest BCUT2D eigenvalue weighted by Gasteiger charge is 2.20. The highest BCUT2D eigenvalue weighted by atomic mass is 16.5. The molecule has 0 aliphatic carbocycles. The maximum Gasteiger partial charge on any atom is 0.178 e. The van der Waals surface area contributed by atoms with E-state index in [1.165, 1.54) is 26.3 Å². The van der Waals surface area contributed by atoms with Crippen LogP contribution in [0.2, 0.25) is 0 Å². The fraction of sp³-hybridized carbons (Fsp3) is 0.571. The number of hydrogen-bond acceptors (Lipinski definition) is 4. The smallest absolute Gasteiger partial charge is 0.178 e. The van der Waals surface area contributed by atoms with Crippen molar-refractivity contribution < 1.29 is 9.53 Å². The molecule has 4 heteroatoms. The topological polar surface area (TPSA) is 42.4 Å². The molecule has 1 saturated heterocycles. The molecule has 4 nitrogen and oxygen atoms in total. The van der Waals surface area contributed by atoms with Crippen molar-refractivity contribution >= 4 is 5.78 Å². The lowest BCUT2D eigenvalue weighted by Gasteiger charge is -2.19. The summed E-state index contributed by atoms with van der Waals surface area (Å²) in [5.41, 5.74) is 0.484. The molecule has 0 amide bonds. The second-order valence-corrected chi connectivity index (χ2v) is 4.85. The maximum atomic E-state index is 11.1. The van der Waals surface area contributed by atoms with E-state index in [4.69, 9.17) is 4.74 Å². The van der Waals surface area contributed by atoms with Crippen LogP contribution >= 0.6 is 0 Å². The maximum absolute atomic E-state index is 11.1. The number of rotatable bonds is 5. The number of ketones is 1. The van der Waals surface area contributed by atoms with Gasteiger partial charge in [0.05, 0.1) is 12.8 Å². The van der Waals surface area contributed by atoms with Gasteiger partial charge in [0, 0.05) is 13.0 Å². The molecule has 2 heterocycles. The van der Waals surface area contributed by atoms with E-state index in [0.29, 0.717) is 18.3 Å². The summed E-state index contributed by atoms with van der Waals surface area (Å²) in [4.78, 5) is 17.5. The van der Waals surface area contributed by atoms with Crippen LogP contribution in [-0.2, 0) is 0 Å². The number of ether oxygens (including phenoxy) is 1. The number of carbonyl (C=O) groups is 1. The fourth-order valence-electron chi connectivity index (χ4n) is 2.33. The minimum atomic E-state index is -0.0193. The van der Waals surface area contributed by atoms with E-state index < -0.39 is 0 Å². The first-order chi connectivity index (χ1) is 8.66.